The van der Waals surface area contributed by atoms with Crippen molar-refractivity contribution in [1.29, 1.82) is 0 Å². The first kappa shape index (κ1) is 21.9. The first-order chi connectivity index (χ1) is 13.6. The molecule has 3 rings (SSSR count). The number of rotatable bonds is 8. The molecule has 0 bridgehead atoms. The van der Waals surface area contributed by atoms with Crippen molar-refractivity contribution in [3.63, 3.8) is 0 Å². The van der Waals surface area contributed by atoms with Crippen LogP contribution >= 0.6 is 12.6 Å². The number of benzene rings is 2. The number of aromatic nitrogens is 2. The first-order valence-electron chi connectivity index (χ1n) is 9.23. The predicted octanol–water partition coefficient (Wildman–Crippen LogP) is 5.61. The molecule has 1 heterocycles. The maximum atomic E-state index is 9.32. The third kappa shape index (κ3) is 6.62. The molecule has 0 radical (unpaired) electrons. The lowest BCUT2D eigenvalue weighted by Crippen LogP contribution is -2.08. The Kier molecular flexibility index (Phi) is 8.91. The standard InChI is InChI=1S/C21H24N2O3.CH4S/c1-16(2)12-14-25-15-23-21(11-13-22-23)17-3-7-19(8-4-17)26-20-9-5-18(24)6-10-20;1-2/h3-11,13,16,24H,12,14-15H2,1-2H3;2H,1H3. The Labute approximate surface area is 172 Å². The minimum absolute atomic E-state index is 0.219. The number of thiol groups is 1. The first-order valence-corrected chi connectivity index (χ1v) is 10.1. The summed E-state index contributed by atoms with van der Waals surface area (Å²) in [5.41, 5.74) is 2.05. The molecule has 0 aliphatic carbocycles. The van der Waals surface area contributed by atoms with E-state index in [1.807, 2.05) is 35.0 Å². The maximum absolute atomic E-state index is 9.32. The number of phenolic OH excluding ortho intramolecular Hbond substituents is 1. The van der Waals surface area contributed by atoms with E-state index in [2.05, 4.69) is 31.6 Å². The van der Waals surface area contributed by atoms with Crippen LogP contribution in [-0.2, 0) is 11.5 Å². The van der Waals surface area contributed by atoms with Crippen LogP contribution in [0.25, 0.3) is 11.3 Å². The molecule has 3 aromatic rings. The summed E-state index contributed by atoms with van der Waals surface area (Å²) in [4.78, 5) is 0. The summed E-state index contributed by atoms with van der Waals surface area (Å²) in [5.74, 6) is 2.27. The Bertz CT molecular complexity index is 815. The van der Waals surface area contributed by atoms with Crippen molar-refractivity contribution in [2.45, 2.75) is 27.0 Å². The van der Waals surface area contributed by atoms with Crippen LogP contribution in [0.4, 0.5) is 0 Å². The molecule has 1 aromatic heterocycles. The van der Waals surface area contributed by atoms with Gasteiger partial charge in [0.15, 0.2) is 0 Å². The second kappa shape index (κ2) is 11.4. The molecule has 0 spiro atoms. The summed E-state index contributed by atoms with van der Waals surface area (Å²) in [6, 6.07) is 16.5. The van der Waals surface area contributed by atoms with Crippen molar-refractivity contribution in [3.05, 3.63) is 60.8 Å². The summed E-state index contributed by atoms with van der Waals surface area (Å²) >= 11 is 3.53. The Balaban J connectivity index is 0.00000136. The van der Waals surface area contributed by atoms with Gasteiger partial charge in [0.2, 0.25) is 0 Å². The largest absolute Gasteiger partial charge is 0.508 e. The second-order valence-electron chi connectivity index (χ2n) is 6.56. The van der Waals surface area contributed by atoms with E-state index in [0.29, 0.717) is 18.4 Å². The Morgan fingerprint density at radius 3 is 2.18 bits per heavy atom. The molecule has 0 aliphatic rings. The van der Waals surface area contributed by atoms with Gasteiger partial charge in [-0.1, -0.05) is 13.8 Å². The highest BCUT2D eigenvalue weighted by atomic mass is 32.1. The van der Waals surface area contributed by atoms with E-state index in [-0.39, 0.29) is 5.75 Å². The smallest absolute Gasteiger partial charge is 0.140 e. The van der Waals surface area contributed by atoms with E-state index >= 15 is 0 Å². The number of ether oxygens (including phenoxy) is 2. The van der Waals surface area contributed by atoms with Gasteiger partial charge in [-0.05, 0) is 73.2 Å². The minimum Gasteiger partial charge on any atom is -0.508 e. The SMILES string of the molecule is CC(C)CCOCn1nccc1-c1ccc(Oc2ccc(O)cc2)cc1.CS. The van der Waals surface area contributed by atoms with Gasteiger partial charge >= 0.3 is 0 Å². The quantitative estimate of drug-likeness (QED) is 0.381. The van der Waals surface area contributed by atoms with Gasteiger partial charge in [0.25, 0.3) is 0 Å². The number of aromatic hydroxyl groups is 1. The van der Waals surface area contributed by atoms with Crippen molar-refractivity contribution in [2.24, 2.45) is 5.92 Å². The maximum Gasteiger partial charge on any atom is 0.140 e. The lowest BCUT2D eigenvalue weighted by molar-refractivity contribution is 0.0626. The van der Waals surface area contributed by atoms with Crippen molar-refractivity contribution in [1.82, 2.24) is 9.78 Å². The Morgan fingerprint density at radius 1 is 0.964 bits per heavy atom. The van der Waals surface area contributed by atoms with E-state index in [9.17, 15) is 5.11 Å². The molecule has 0 aliphatic heterocycles. The average molecular weight is 401 g/mol. The van der Waals surface area contributed by atoms with Gasteiger partial charge in [0, 0.05) is 18.4 Å². The average Bonchev–Trinajstić information content (AvgIpc) is 3.18. The van der Waals surface area contributed by atoms with Gasteiger partial charge in [-0.15, -0.1) is 0 Å². The van der Waals surface area contributed by atoms with Gasteiger partial charge in [-0.3, -0.25) is 0 Å². The van der Waals surface area contributed by atoms with Crippen LogP contribution in [0.1, 0.15) is 20.3 Å². The second-order valence-corrected chi connectivity index (χ2v) is 6.56. The molecular weight excluding hydrogens is 372 g/mol. The van der Waals surface area contributed by atoms with Crippen LogP contribution in [0.3, 0.4) is 0 Å². The van der Waals surface area contributed by atoms with E-state index < -0.39 is 0 Å². The van der Waals surface area contributed by atoms with Crippen LogP contribution in [-0.4, -0.2) is 27.7 Å². The van der Waals surface area contributed by atoms with Gasteiger partial charge in [-0.25, -0.2) is 4.68 Å². The Morgan fingerprint density at radius 2 is 1.57 bits per heavy atom. The van der Waals surface area contributed by atoms with Gasteiger partial charge in [-0.2, -0.15) is 17.7 Å². The molecule has 1 N–H and O–H groups in total. The molecule has 0 fully saturated rings. The van der Waals surface area contributed by atoms with Crippen molar-refractivity contribution in [2.75, 3.05) is 12.9 Å². The summed E-state index contributed by atoms with van der Waals surface area (Å²) in [6.07, 6.45) is 4.52. The highest BCUT2D eigenvalue weighted by Gasteiger charge is 2.07. The van der Waals surface area contributed by atoms with Crippen LogP contribution in [0.5, 0.6) is 17.2 Å². The molecule has 0 atom stereocenters. The highest BCUT2D eigenvalue weighted by molar-refractivity contribution is 7.79. The lowest BCUT2D eigenvalue weighted by Gasteiger charge is -2.11. The molecule has 28 heavy (non-hydrogen) atoms. The normalized spacial score (nSPS) is 10.5. The molecule has 0 amide bonds. The number of hydrogen-bond donors (Lipinski definition) is 2. The molecule has 2 aromatic carbocycles. The predicted molar refractivity (Wildman–Crippen MR) is 116 cm³/mol. The topological polar surface area (TPSA) is 56.5 Å². The van der Waals surface area contributed by atoms with Crippen LogP contribution < -0.4 is 4.74 Å². The highest BCUT2D eigenvalue weighted by Crippen LogP contribution is 2.26. The Hall–Kier alpha value is -2.44. The third-order valence-corrected chi connectivity index (χ3v) is 3.99. The molecule has 0 saturated carbocycles. The zero-order chi connectivity index (χ0) is 20.4. The van der Waals surface area contributed by atoms with E-state index in [4.69, 9.17) is 9.47 Å². The van der Waals surface area contributed by atoms with E-state index in [0.717, 1.165) is 30.0 Å². The zero-order valence-corrected chi connectivity index (χ0v) is 17.5. The zero-order valence-electron chi connectivity index (χ0n) is 16.6. The van der Waals surface area contributed by atoms with Crippen LogP contribution in [0.2, 0.25) is 0 Å². The minimum atomic E-state index is 0.219. The molecule has 5 nitrogen and oxygen atoms in total. The van der Waals surface area contributed by atoms with Crippen LogP contribution in [0, 0.1) is 5.92 Å². The molecule has 150 valence electrons. The van der Waals surface area contributed by atoms with Gasteiger partial charge < -0.3 is 14.6 Å². The lowest BCUT2D eigenvalue weighted by atomic mass is 10.1. The molecular formula is C22H28N2O3S. The van der Waals surface area contributed by atoms with Crippen molar-refractivity contribution >= 4 is 12.6 Å². The molecule has 0 saturated heterocycles. The summed E-state index contributed by atoms with van der Waals surface area (Å²) in [5, 5.41) is 13.7. The molecule has 0 unspecified atom stereocenters. The monoisotopic (exact) mass is 400 g/mol. The van der Waals surface area contributed by atoms with Gasteiger partial charge in [0.05, 0.1) is 5.69 Å². The molecule has 6 heteroatoms. The fraction of sp³-hybridized carbons (Fsp3) is 0.318. The van der Waals surface area contributed by atoms with Gasteiger partial charge in [0.1, 0.15) is 24.0 Å². The number of phenols is 1. The third-order valence-electron chi connectivity index (χ3n) is 3.99. The van der Waals surface area contributed by atoms with Crippen molar-refractivity contribution < 1.29 is 14.6 Å². The van der Waals surface area contributed by atoms with Crippen LogP contribution in [0.15, 0.2) is 60.8 Å². The van der Waals surface area contributed by atoms with E-state index in [1.54, 1.807) is 36.7 Å². The van der Waals surface area contributed by atoms with E-state index in [1.165, 1.54) is 0 Å². The fourth-order valence-electron chi connectivity index (χ4n) is 2.49. The number of hydrogen-bond acceptors (Lipinski definition) is 5. The summed E-state index contributed by atoms with van der Waals surface area (Å²) in [7, 11) is 0. The number of nitrogens with zero attached hydrogens (tertiary/aromatic N) is 2. The van der Waals surface area contributed by atoms with Crippen molar-refractivity contribution in [3.8, 4) is 28.5 Å². The summed E-state index contributed by atoms with van der Waals surface area (Å²) in [6.45, 7) is 5.55. The summed E-state index contributed by atoms with van der Waals surface area (Å²) < 4.78 is 13.4. The fourth-order valence-corrected chi connectivity index (χ4v) is 2.49.